The molecule has 2 N–H and O–H groups in total. The highest BCUT2D eigenvalue weighted by Crippen LogP contribution is 2.19. The van der Waals surface area contributed by atoms with Gasteiger partial charge in [0.15, 0.2) is 0 Å². The van der Waals surface area contributed by atoms with Crippen LogP contribution < -0.4 is 10.6 Å². The fourth-order valence-corrected chi connectivity index (χ4v) is 1.22. The second kappa shape index (κ2) is 6.58. The summed E-state index contributed by atoms with van der Waals surface area (Å²) in [7, 11) is 0. The first-order chi connectivity index (χ1) is 8.40. The third-order valence-corrected chi connectivity index (χ3v) is 2.00. The lowest BCUT2D eigenvalue weighted by molar-refractivity contribution is -0.131. The highest BCUT2D eigenvalue weighted by Gasteiger charge is 2.26. The average molecular weight is 284 g/mol. The van der Waals surface area contributed by atoms with Gasteiger partial charge in [0.05, 0.1) is 6.42 Å². The van der Waals surface area contributed by atoms with E-state index in [2.05, 4.69) is 25.6 Å². The van der Waals surface area contributed by atoms with Crippen molar-refractivity contribution in [2.75, 3.05) is 23.7 Å². The van der Waals surface area contributed by atoms with Crippen LogP contribution in [-0.4, -0.2) is 34.2 Å². The summed E-state index contributed by atoms with van der Waals surface area (Å²) in [6.07, 6.45) is -4.32. The van der Waals surface area contributed by atoms with E-state index < -0.39 is 12.6 Å². The largest absolute Gasteiger partial charge is 0.390 e. The summed E-state index contributed by atoms with van der Waals surface area (Å²) in [4.78, 5) is 11.4. The van der Waals surface area contributed by atoms with E-state index in [0.29, 0.717) is 6.54 Å². The van der Waals surface area contributed by atoms with Crippen molar-refractivity contribution in [2.24, 2.45) is 0 Å². The predicted octanol–water partition coefficient (Wildman–Crippen LogP) is 2.71. The topological polar surface area (TPSA) is 62.7 Å². The van der Waals surface area contributed by atoms with Crippen molar-refractivity contribution in [1.82, 2.24) is 15.0 Å². The molecule has 18 heavy (non-hydrogen) atoms. The summed E-state index contributed by atoms with van der Waals surface area (Å²) in [5.41, 5.74) is 0. The van der Waals surface area contributed by atoms with Gasteiger partial charge in [0, 0.05) is 13.1 Å². The van der Waals surface area contributed by atoms with Gasteiger partial charge in [-0.3, -0.25) is 0 Å². The summed E-state index contributed by atoms with van der Waals surface area (Å²) in [6, 6.07) is 0. The number of nitrogens with zero attached hydrogens (tertiary/aromatic N) is 3. The van der Waals surface area contributed by atoms with Crippen LogP contribution in [0, 0.1) is 0 Å². The molecule has 0 unspecified atom stereocenters. The van der Waals surface area contributed by atoms with Crippen molar-refractivity contribution in [3.8, 4) is 0 Å². The first-order valence-electron chi connectivity index (χ1n) is 5.37. The van der Waals surface area contributed by atoms with E-state index in [1.54, 1.807) is 0 Å². The van der Waals surface area contributed by atoms with Crippen molar-refractivity contribution in [1.29, 1.82) is 0 Å². The number of aromatic nitrogens is 3. The van der Waals surface area contributed by atoms with Crippen molar-refractivity contribution in [3.05, 3.63) is 5.28 Å². The van der Waals surface area contributed by atoms with E-state index in [0.717, 1.165) is 6.42 Å². The van der Waals surface area contributed by atoms with E-state index in [1.165, 1.54) is 0 Å². The normalized spacial score (nSPS) is 11.4. The van der Waals surface area contributed by atoms with E-state index >= 15 is 0 Å². The second-order valence-corrected chi connectivity index (χ2v) is 3.81. The molecule has 0 aliphatic carbocycles. The summed E-state index contributed by atoms with van der Waals surface area (Å²) < 4.78 is 35.9. The summed E-state index contributed by atoms with van der Waals surface area (Å²) in [5.74, 6) is 0.268. The van der Waals surface area contributed by atoms with Crippen LogP contribution in [0.3, 0.4) is 0 Å². The Morgan fingerprint density at radius 2 is 1.61 bits per heavy atom. The number of rotatable bonds is 6. The number of alkyl halides is 3. The number of anilines is 2. The second-order valence-electron chi connectivity index (χ2n) is 3.47. The number of hydrogen-bond donors (Lipinski definition) is 2. The molecule has 1 rings (SSSR count). The minimum absolute atomic E-state index is 0.0258. The SMILES string of the molecule is CCCNc1nc(Cl)nc(NCCC(F)(F)F)n1. The van der Waals surface area contributed by atoms with Gasteiger partial charge in [0.2, 0.25) is 17.2 Å². The Hall–Kier alpha value is -1.31. The molecule has 0 aliphatic heterocycles. The smallest absolute Gasteiger partial charge is 0.354 e. The molecule has 1 aromatic heterocycles. The number of nitrogens with one attached hydrogen (secondary N) is 2. The molecule has 102 valence electrons. The lowest BCUT2D eigenvalue weighted by Gasteiger charge is -2.09. The van der Waals surface area contributed by atoms with E-state index in [-0.39, 0.29) is 23.7 Å². The lowest BCUT2D eigenvalue weighted by atomic mass is 10.4. The molecule has 9 heteroatoms. The highest BCUT2D eigenvalue weighted by atomic mass is 35.5. The van der Waals surface area contributed by atoms with Crippen LogP contribution >= 0.6 is 11.6 Å². The molecule has 0 spiro atoms. The molecule has 0 bridgehead atoms. The Labute approximate surface area is 107 Å². The minimum Gasteiger partial charge on any atom is -0.354 e. The number of halogens is 4. The fourth-order valence-electron chi connectivity index (χ4n) is 1.06. The van der Waals surface area contributed by atoms with Crippen molar-refractivity contribution < 1.29 is 13.2 Å². The maximum absolute atomic E-state index is 12.0. The van der Waals surface area contributed by atoms with Gasteiger partial charge in [-0.1, -0.05) is 6.92 Å². The Morgan fingerprint density at radius 3 is 2.11 bits per heavy atom. The average Bonchev–Trinajstić information content (AvgIpc) is 2.24. The van der Waals surface area contributed by atoms with Crippen LogP contribution in [-0.2, 0) is 0 Å². The van der Waals surface area contributed by atoms with E-state index in [1.807, 2.05) is 6.92 Å². The summed E-state index contributed by atoms with van der Waals surface area (Å²) >= 11 is 5.63. The molecule has 0 saturated heterocycles. The van der Waals surface area contributed by atoms with Crippen molar-refractivity contribution >= 4 is 23.5 Å². The molecule has 0 aromatic carbocycles. The van der Waals surface area contributed by atoms with Crippen LogP contribution in [0.5, 0.6) is 0 Å². The molecule has 0 saturated carbocycles. The van der Waals surface area contributed by atoms with Crippen LogP contribution in [0.15, 0.2) is 0 Å². The van der Waals surface area contributed by atoms with Crippen LogP contribution in [0.4, 0.5) is 25.1 Å². The van der Waals surface area contributed by atoms with Crippen LogP contribution in [0.1, 0.15) is 19.8 Å². The number of hydrogen-bond acceptors (Lipinski definition) is 5. The van der Waals surface area contributed by atoms with Crippen molar-refractivity contribution in [3.63, 3.8) is 0 Å². The van der Waals surface area contributed by atoms with E-state index in [4.69, 9.17) is 11.6 Å². The first-order valence-corrected chi connectivity index (χ1v) is 5.74. The summed E-state index contributed by atoms with van der Waals surface area (Å²) in [6.45, 7) is 2.29. The maximum Gasteiger partial charge on any atom is 0.390 e. The van der Waals surface area contributed by atoms with Gasteiger partial charge in [-0.05, 0) is 18.0 Å². The summed E-state index contributed by atoms with van der Waals surface area (Å²) in [5, 5.41) is 5.25. The first kappa shape index (κ1) is 14.7. The van der Waals surface area contributed by atoms with E-state index in [9.17, 15) is 13.2 Å². The van der Waals surface area contributed by atoms with Gasteiger partial charge in [-0.25, -0.2) is 0 Å². The Bertz CT molecular complexity index is 385. The zero-order valence-corrected chi connectivity index (χ0v) is 10.4. The van der Waals surface area contributed by atoms with Gasteiger partial charge < -0.3 is 10.6 Å². The van der Waals surface area contributed by atoms with Gasteiger partial charge in [0.1, 0.15) is 0 Å². The third kappa shape index (κ3) is 5.85. The Balaban J connectivity index is 2.57. The third-order valence-electron chi connectivity index (χ3n) is 1.83. The minimum atomic E-state index is -4.22. The Morgan fingerprint density at radius 1 is 1.06 bits per heavy atom. The molecule has 0 atom stereocenters. The quantitative estimate of drug-likeness (QED) is 0.840. The van der Waals surface area contributed by atoms with Gasteiger partial charge in [0.25, 0.3) is 0 Å². The van der Waals surface area contributed by atoms with Crippen LogP contribution in [0.25, 0.3) is 0 Å². The Kier molecular flexibility index (Phi) is 5.39. The molecule has 0 fully saturated rings. The lowest BCUT2D eigenvalue weighted by Crippen LogP contribution is -2.16. The molecule has 1 heterocycles. The predicted molar refractivity (Wildman–Crippen MR) is 62.8 cm³/mol. The standard InChI is InChI=1S/C9H13ClF3N5/c1-2-4-14-7-16-6(10)17-8(18-7)15-5-3-9(11,12)13/h2-5H2,1H3,(H2,14,15,16,17,18). The molecule has 1 aromatic rings. The molecular weight excluding hydrogens is 271 g/mol. The fraction of sp³-hybridized carbons (Fsp3) is 0.667. The van der Waals surface area contributed by atoms with Gasteiger partial charge in [-0.2, -0.15) is 28.1 Å². The molecule has 0 aliphatic rings. The zero-order chi connectivity index (χ0) is 13.6. The van der Waals surface area contributed by atoms with Crippen LogP contribution in [0.2, 0.25) is 5.28 Å². The van der Waals surface area contributed by atoms with Gasteiger partial charge in [-0.15, -0.1) is 0 Å². The zero-order valence-electron chi connectivity index (χ0n) is 9.68. The monoisotopic (exact) mass is 283 g/mol. The maximum atomic E-state index is 12.0. The highest BCUT2D eigenvalue weighted by molar-refractivity contribution is 6.28. The van der Waals surface area contributed by atoms with Crippen molar-refractivity contribution in [2.45, 2.75) is 25.9 Å². The molecule has 0 amide bonds. The van der Waals surface area contributed by atoms with Gasteiger partial charge >= 0.3 is 6.18 Å². The molecular formula is C9H13ClF3N5. The molecule has 0 radical (unpaired) electrons. The molecule has 5 nitrogen and oxygen atoms in total.